The fraction of sp³-hybridized carbons (Fsp3) is 0.400. The Balaban J connectivity index is 1.59. The first-order chi connectivity index (χ1) is 9.33. The Morgan fingerprint density at radius 2 is 2.32 bits per heavy atom. The zero-order chi connectivity index (χ0) is 13.1. The van der Waals surface area contributed by atoms with Gasteiger partial charge in [-0.25, -0.2) is 0 Å². The van der Waals surface area contributed by atoms with E-state index in [1.807, 2.05) is 12.1 Å². The number of nitrogens with one attached hydrogen (secondary N) is 2. The van der Waals surface area contributed by atoms with E-state index in [4.69, 9.17) is 0 Å². The van der Waals surface area contributed by atoms with Crippen LogP contribution < -0.4 is 10.6 Å². The van der Waals surface area contributed by atoms with Crippen molar-refractivity contribution >= 4 is 27.3 Å². The van der Waals surface area contributed by atoms with Crippen molar-refractivity contribution in [1.82, 2.24) is 10.6 Å². The van der Waals surface area contributed by atoms with Crippen molar-refractivity contribution in [2.24, 2.45) is 0 Å². The van der Waals surface area contributed by atoms with Crippen LogP contribution in [0.25, 0.3) is 10.1 Å². The number of benzene rings is 1. The molecule has 19 heavy (non-hydrogen) atoms. The van der Waals surface area contributed by atoms with E-state index in [1.54, 1.807) is 11.3 Å². The lowest BCUT2D eigenvalue weighted by atomic mass is 10.1. The maximum atomic E-state index is 12.0. The van der Waals surface area contributed by atoms with Gasteiger partial charge < -0.3 is 10.6 Å². The summed E-state index contributed by atoms with van der Waals surface area (Å²) in [6.07, 6.45) is 2.87. The van der Waals surface area contributed by atoms with Gasteiger partial charge in [0.15, 0.2) is 0 Å². The highest BCUT2D eigenvalue weighted by atomic mass is 32.1. The molecule has 1 saturated heterocycles. The first-order valence-corrected chi connectivity index (χ1v) is 7.66. The lowest BCUT2D eigenvalue weighted by Gasteiger charge is -2.11. The van der Waals surface area contributed by atoms with Crippen LogP contribution in [0.1, 0.15) is 18.4 Å². The molecule has 1 aromatic carbocycles. The summed E-state index contributed by atoms with van der Waals surface area (Å²) in [5.74, 6) is 0.122. The van der Waals surface area contributed by atoms with Crippen LogP contribution in [-0.4, -0.2) is 25.0 Å². The Bertz CT molecular complexity index is 572. The molecule has 0 bridgehead atoms. The first-order valence-electron chi connectivity index (χ1n) is 6.78. The zero-order valence-electron chi connectivity index (χ0n) is 10.8. The number of fused-ring (bicyclic) bond motifs is 1. The van der Waals surface area contributed by atoms with Crippen LogP contribution in [0.2, 0.25) is 0 Å². The molecular weight excluding hydrogens is 256 g/mol. The lowest BCUT2D eigenvalue weighted by Crippen LogP contribution is -2.37. The number of hydrogen-bond donors (Lipinski definition) is 2. The number of amides is 1. The van der Waals surface area contributed by atoms with Gasteiger partial charge in [0.05, 0.1) is 6.42 Å². The van der Waals surface area contributed by atoms with Crippen molar-refractivity contribution in [3.05, 3.63) is 35.2 Å². The topological polar surface area (TPSA) is 41.1 Å². The summed E-state index contributed by atoms with van der Waals surface area (Å²) < 4.78 is 1.25. The van der Waals surface area contributed by atoms with E-state index in [0.29, 0.717) is 12.5 Å². The number of thiophene rings is 1. The molecular formula is C15H18N2OS. The standard InChI is InChI=1S/C15H18N2OS/c18-15(17-9-12-4-3-7-16-12)8-11-10-19-14-6-2-1-5-13(11)14/h1-2,5-6,10,12,16H,3-4,7-9H2,(H,17,18)/t12-/m0/s1. The van der Waals surface area contributed by atoms with Crippen molar-refractivity contribution < 1.29 is 4.79 Å². The third-order valence-electron chi connectivity index (χ3n) is 3.62. The zero-order valence-corrected chi connectivity index (χ0v) is 11.6. The normalized spacial score (nSPS) is 18.8. The van der Waals surface area contributed by atoms with E-state index >= 15 is 0 Å². The quantitative estimate of drug-likeness (QED) is 0.898. The van der Waals surface area contributed by atoms with E-state index < -0.39 is 0 Å². The smallest absolute Gasteiger partial charge is 0.224 e. The van der Waals surface area contributed by atoms with Crippen LogP contribution in [-0.2, 0) is 11.2 Å². The fourth-order valence-electron chi connectivity index (χ4n) is 2.57. The molecule has 0 radical (unpaired) electrons. The van der Waals surface area contributed by atoms with Crippen molar-refractivity contribution in [2.45, 2.75) is 25.3 Å². The van der Waals surface area contributed by atoms with Crippen LogP contribution >= 0.6 is 11.3 Å². The van der Waals surface area contributed by atoms with Gasteiger partial charge in [0, 0.05) is 17.3 Å². The molecule has 1 aliphatic heterocycles. The third kappa shape index (κ3) is 2.96. The van der Waals surface area contributed by atoms with Crippen molar-refractivity contribution in [2.75, 3.05) is 13.1 Å². The number of rotatable bonds is 4. The summed E-state index contributed by atoms with van der Waals surface area (Å²) >= 11 is 1.71. The minimum atomic E-state index is 0.122. The third-order valence-corrected chi connectivity index (χ3v) is 4.63. The highest BCUT2D eigenvalue weighted by Gasteiger charge is 2.15. The molecule has 1 atom stereocenters. The van der Waals surface area contributed by atoms with E-state index in [-0.39, 0.29) is 5.91 Å². The van der Waals surface area contributed by atoms with E-state index in [2.05, 4.69) is 28.1 Å². The molecule has 0 unspecified atom stereocenters. The van der Waals surface area contributed by atoms with E-state index in [0.717, 1.165) is 18.7 Å². The van der Waals surface area contributed by atoms with Crippen LogP contribution in [0.4, 0.5) is 0 Å². The van der Waals surface area contributed by atoms with Crippen LogP contribution in [0, 0.1) is 0 Å². The second kappa shape index (κ2) is 5.72. The molecule has 100 valence electrons. The molecule has 1 aliphatic rings. The minimum absolute atomic E-state index is 0.122. The Hall–Kier alpha value is -1.39. The van der Waals surface area contributed by atoms with Gasteiger partial charge in [0.1, 0.15) is 0 Å². The summed E-state index contributed by atoms with van der Waals surface area (Å²) in [6, 6.07) is 8.72. The highest BCUT2D eigenvalue weighted by Crippen LogP contribution is 2.25. The van der Waals surface area contributed by atoms with Gasteiger partial charge in [-0.15, -0.1) is 11.3 Å². The highest BCUT2D eigenvalue weighted by molar-refractivity contribution is 7.17. The van der Waals surface area contributed by atoms with Gasteiger partial charge in [-0.2, -0.15) is 0 Å². The molecule has 0 spiro atoms. The minimum Gasteiger partial charge on any atom is -0.354 e. The summed E-state index contributed by atoms with van der Waals surface area (Å²) in [5, 5.41) is 9.72. The van der Waals surface area contributed by atoms with E-state index in [9.17, 15) is 4.79 Å². The Morgan fingerprint density at radius 3 is 3.16 bits per heavy atom. The molecule has 2 heterocycles. The van der Waals surface area contributed by atoms with Crippen molar-refractivity contribution in [3.63, 3.8) is 0 Å². The molecule has 3 rings (SSSR count). The maximum absolute atomic E-state index is 12.0. The van der Waals surface area contributed by atoms with Crippen molar-refractivity contribution in [3.8, 4) is 0 Å². The summed E-state index contributed by atoms with van der Waals surface area (Å²) in [4.78, 5) is 12.0. The number of carbonyl (C=O) groups is 1. The van der Waals surface area contributed by atoms with Crippen molar-refractivity contribution in [1.29, 1.82) is 0 Å². The first kappa shape index (κ1) is 12.6. The maximum Gasteiger partial charge on any atom is 0.224 e. The van der Waals surface area contributed by atoms with Gasteiger partial charge in [-0.3, -0.25) is 4.79 Å². The molecule has 0 aliphatic carbocycles. The molecule has 0 saturated carbocycles. The van der Waals surface area contributed by atoms with Gasteiger partial charge in [-0.05, 0) is 41.8 Å². The molecule has 4 heteroatoms. The SMILES string of the molecule is O=C(Cc1csc2ccccc12)NC[C@@H]1CCCN1. The Morgan fingerprint density at radius 1 is 1.42 bits per heavy atom. The van der Waals surface area contributed by atoms with Crippen LogP contribution in [0.5, 0.6) is 0 Å². The van der Waals surface area contributed by atoms with Gasteiger partial charge >= 0.3 is 0 Å². The van der Waals surface area contributed by atoms with Gasteiger partial charge in [0.2, 0.25) is 5.91 Å². The Labute approximate surface area is 117 Å². The van der Waals surface area contributed by atoms with E-state index in [1.165, 1.54) is 22.9 Å². The van der Waals surface area contributed by atoms with Gasteiger partial charge in [0.25, 0.3) is 0 Å². The second-order valence-electron chi connectivity index (χ2n) is 5.03. The second-order valence-corrected chi connectivity index (χ2v) is 5.94. The largest absolute Gasteiger partial charge is 0.354 e. The fourth-order valence-corrected chi connectivity index (χ4v) is 3.54. The van der Waals surface area contributed by atoms with Gasteiger partial charge in [-0.1, -0.05) is 18.2 Å². The predicted molar refractivity (Wildman–Crippen MR) is 79.6 cm³/mol. The average molecular weight is 274 g/mol. The summed E-state index contributed by atoms with van der Waals surface area (Å²) in [6.45, 7) is 1.83. The number of hydrogen-bond acceptors (Lipinski definition) is 3. The summed E-state index contributed by atoms with van der Waals surface area (Å²) in [5.41, 5.74) is 1.14. The lowest BCUT2D eigenvalue weighted by molar-refractivity contribution is -0.120. The predicted octanol–water partition coefficient (Wildman–Crippen LogP) is 2.31. The van der Waals surface area contributed by atoms with Crippen LogP contribution in [0.3, 0.4) is 0 Å². The molecule has 1 fully saturated rings. The van der Waals surface area contributed by atoms with Crippen LogP contribution in [0.15, 0.2) is 29.6 Å². The average Bonchev–Trinajstić information content (AvgIpc) is 3.07. The summed E-state index contributed by atoms with van der Waals surface area (Å²) in [7, 11) is 0. The molecule has 3 nitrogen and oxygen atoms in total. The molecule has 1 amide bonds. The molecule has 2 aromatic rings. The molecule has 1 aromatic heterocycles. The monoisotopic (exact) mass is 274 g/mol. The number of carbonyl (C=O) groups excluding carboxylic acids is 1. The molecule has 2 N–H and O–H groups in total. The Kier molecular flexibility index (Phi) is 3.80.